The van der Waals surface area contributed by atoms with Crippen LogP contribution in [0.4, 0.5) is 0 Å². The van der Waals surface area contributed by atoms with Crippen LogP contribution < -0.4 is 0 Å². The molecule has 2 atom stereocenters. The molecule has 0 saturated heterocycles. The summed E-state index contributed by atoms with van der Waals surface area (Å²) in [5.41, 5.74) is 0. The van der Waals surface area contributed by atoms with E-state index in [2.05, 4.69) is 6.07 Å². The van der Waals surface area contributed by atoms with Crippen molar-refractivity contribution in [3.63, 3.8) is 0 Å². The number of hydrogen-bond acceptors (Lipinski definition) is 3. The smallest absolute Gasteiger partial charge is 0.154 e. The van der Waals surface area contributed by atoms with E-state index in [9.17, 15) is 8.42 Å². The average molecular weight is 243 g/mol. The molecule has 0 heterocycles. The number of hydrogen-bond donors (Lipinski definition) is 0. The average Bonchev–Trinajstić information content (AvgIpc) is 2.40. The van der Waals surface area contributed by atoms with Crippen molar-refractivity contribution in [1.82, 2.24) is 0 Å². The lowest BCUT2D eigenvalue weighted by atomic mass is 10.0. The lowest BCUT2D eigenvalue weighted by molar-refractivity contribution is 0.516. The number of nitrogens with zero attached hydrogens (tertiary/aromatic N) is 1. The zero-order valence-corrected chi connectivity index (χ0v) is 11.0. The highest BCUT2D eigenvalue weighted by molar-refractivity contribution is 7.92. The van der Waals surface area contributed by atoms with E-state index in [1.807, 2.05) is 13.8 Å². The van der Waals surface area contributed by atoms with Gasteiger partial charge < -0.3 is 0 Å². The van der Waals surface area contributed by atoms with Crippen molar-refractivity contribution >= 4 is 9.84 Å². The van der Waals surface area contributed by atoms with Crippen LogP contribution in [0.1, 0.15) is 46.0 Å². The Kier molecular flexibility index (Phi) is 4.79. The minimum atomic E-state index is -3.09. The number of nitriles is 1. The van der Waals surface area contributed by atoms with E-state index in [0.29, 0.717) is 6.42 Å². The van der Waals surface area contributed by atoms with Crippen molar-refractivity contribution in [3.8, 4) is 6.07 Å². The van der Waals surface area contributed by atoms with Gasteiger partial charge >= 0.3 is 0 Å². The largest absolute Gasteiger partial charge is 0.228 e. The quantitative estimate of drug-likeness (QED) is 0.716. The first-order valence-electron chi connectivity index (χ1n) is 6.08. The second-order valence-corrected chi connectivity index (χ2v) is 7.40. The molecule has 0 aromatic carbocycles. The summed E-state index contributed by atoms with van der Waals surface area (Å²) in [6, 6.07) is 2.19. The van der Waals surface area contributed by atoms with Crippen LogP contribution in [0.15, 0.2) is 0 Å². The molecule has 92 valence electrons. The highest BCUT2D eigenvalue weighted by atomic mass is 32.2. The summed E-state index contributed by atoms with van der Waals surface area (Å²) in [6.07, 6.45) is 4.42. The molecule has 0 radical (unpaired) electrons. The van der Waals surface area contributed by atoms with Gasteiger partial charge in [-0.3, -0.25) is 0 Å². The molecule has 1 fully saturated rings. The van der Waals surface area contributed by atoms with Gasteiger partial charge in [-0.05, 0) is 18.8 Å². The van der Waals surface area contributed by atoms with Crippen molar-refractivity contribution in [1.29, 1.82) is 5.26 Å². The van der Waals surface area contributed by atoms with Crippen molar-refractivity contribution < 1.29 is 8.42 Å². The molecule has 0 spiro atoms. The molecule has 0 aliphatic heterocycles. The lowest BCUT2D eigenvalue weighted by Crippen LogP contribution is -2.32. The van der Waals surface area contributed by atoms with E-state index < -0.39 is 15.1 Å². The Morgan fingerprint density at radius 3 is 2.44 bits per heavy atom. The number of rotatable bonds is 3. The number of sulfone groups is 1. The molecular weight excluding hydrogens is 222 g/mol. The first-order chi connectivity index (χ1) is 7.47. The summed E-state index contributed by atoms with van der Waals surface area (Å²) >= 11 is 0. The van der Waals surface area contributed by atoms with Crippen molar-refractivity contribution in [2.45, 2.75) is 51.2 Å². The highest BCUT2D eigenvalue weighted by Crippen LogP contribution is 2.29. The van der Waals surface area contributed by atoms with Crippen LogP contribution in [0.5, 0.6) is 0 Å². The molecule has 1 aliphatic rings. The minimum Gasteiger partial charge on any atom is -0.228 e. The molecule has 16 heavy (non-hydrogen) atoms. The third kappa shape index (κ3) is 3.48. The van der Waals surface area contributed by atoms with Gasteiger partial charge in [0.05, 0.1) is 23.0 Å². The predicted molar refractivity (Wildman–Crippen MR) is 64.6 cm³/mol. The monoisotopic (exact) mass is 243 g/mol. The summed E-state index contributed by atoms with van der Waals surface area (Å²) in [5, 5.41) is 8.66. The zero-order chi connectivity index (χ0) is 12.2. The summed E-state index contributed by atoms with van der Waals surface area (Å²) < 4.78 is 24.3. The fourth-order valence-electron chi connectivity index (χ4n) is 2.44. The molecule has 1 aliphatic carbocycles. The molecule has 1 rings (SSSR count). The van der Waals surface area contributed by atoms with Crippen molar-refractivity contribution in [2.24, 2.45) is 11.8 Å². The normalized spacial score (nSPS) is 27.4. The third-order valence-corrected chi connectivity index (χ3v) is 5.76. The fraction of sp³-hybridized carbons (Fsp3) is 0.917. The topological polar surface area (TPSA) is 57.9 Å². The predicted octanol–water partition coefficient (Wildman–Crippen LogP) is 2.53. The lowest BCUT2D eigenvalue weighted by Gasteiger charge is -2.20. The second kappa shape index (κ2) is 5.67. The molecule has 1 saturated carbocycles. The maximum absolute atomic E-state index is 12.2. The Balaban J connectivity index is 2.86. The molecule has 0 aromatic heterocycles. The van der Waals surface area contributed by atoms with Gasteiger partial charge in [-0.1, -0.05) is 33.1 Å². The standard InChI is InChI=1S/C12H21NO2S/c1-10(2)9-16(14,15)12-7-5-3-4-6-11(12)8-13/h10-12H,3-7,9H2,1-2H3. The van der Waals surface area contributed by atoms with Crippen molar-refractivity contribution in [2.75, 3.05) is 5.75 Å². The van der Waals surface area contributed by atoms with E-state index in [1.165, 1.54) is 0 Å². The summed E-state index contributed by atoms with van der Waals surface area (Å²) in [6.45, 7) is 3.82. The van der Waals surface area contributed by atoms with Crippen LogP contribution in [0, 0.1) is 23.2 Å². The van der Waals surface area contributed by atoms with Gasteiger partial charge in [0.1, 0.15) is 0 Å². The van der Waals surface area contributed by atoms with Crippen LogP contribution in [0.3, 0.4) is 0 Å². The summed E-state index contributed by atoms with van der Waals surface area (Å²) in [7, 11) is -3.09. The molecule has 0 aromatic rings. The maximum Gasteiger partial charge on any atom is 0.154 e. The van der Waals surface area contributed by atoms with E-state index in [0.717, 1.165) is 25.7 Å². The Hall–Kier alpha value is -0.560. The van der Waals surface area contributed by atoms with Gasteiger partial charge in [0.15, 0.2) is 9.84 Å². The molecule has 0 bridgehead atoms. The molecule has 3 nitrogen and oxygen atoms in total. The Bertz CT molecular complexity index is 354. The third-order valence-electron chi connectivity index (χ3n) is 3.15. The molecule has 0 N–H and O–H groups in total. The molecule has 0 amide bonds. The zero-order valence-electron chi connectivity index (χ0n) is 10.1. The van der Waals surface area contributed by atoms with E-state index in [4.69, 9.17) is 5.26 Å². The van der Waals surface area contributed by atoms with Gasteiger partial charge in [-0.15, -0.1) is 0 Å². The van der Waals surface area contributed by atoms with Gasteiger partial charge in [0.25, 0.3) is 0 Å². The van der Waals surface area contributed by atoms with Crippen LogP contribution >= 0.6 is 0 Å². The molecular formula is C12H21NO2S. The van der Waals surface area contributed by atoms with Crippen LogP contribution in [-0.4, -0.2) is 19.4 Å². The first-order valence-corrected chi connectivity index (χ1v) is 7.80. The van der Waals surface area contributed by atoms with E-state index in [1.54, 1.807) is 0 Å². The fourth-order valence-corrected chi connectivity index (χ4v) is 4.84. The van der Waals surface area contributed by atoms with Gasteiger partial charge in [0, 0.05) is 0 Å². The second-order valence-electron chi connectivity index (χ2n) is 5.14. The van der Waals surface area contributed by atoms with Crippen molar-refractivity contribution in [3.05, 3.63) is 0 Å². The Morgan fingerprint density at radius 2 is 1.88 bits per heavy atom. The highest BCUT2D eigenvalue weighted by Gasteiger charge is 2.34. The molecule has 2 unspecified atom stereocenters. The van der Waals surface area contributed by atoms with Gasteiger partial charge in [0.2, 0.25) is 0 Å². The van der Waals surface area contributed by atoms with E-state index >= 15 is 0 Å². The summed E-state index contributed by atoms with van der Waals surface area (Å²) in [5.74, 6) is 0.0781. The Labute approximate surface area is 98.8 Å². The van der Waals surface area contributed by atoms with Crippen LogP contribution in [-0.2, 0) is 9.84 Å². The SMILES string of the molecule is CC(C)CS(=O)(=O)C1CCCCCC1C#N. The van der Waals surface area contributed by atoms with Crippen LogP contribution in [0.25, 0.3) is 0 Å². The van der Waals surface area contributed by atoms with Crippen LogP contribution in [0.2, 0.25) is 0 Å². The van der Waals surface area contributed by atoms with E-state index in [-0.39, 0.29) is 17.6 Å². The first kappa shape index (κ1) is 13.5. The van der Waals surface area contributed by atoms with Gasteiger partial charge in [-0.25, -0.2) is 8.42 Å². The summed E-state index contributed by atoms with van der Waals surface area (Å²) in [4.78, 5) is 0. The Morgan fingerprint density at radius 1 is 1.25 bits per heavy atom. The molecule has 4 heteroatoms. The van der Waals surface area contributed by atoms with Gasteiger partial charge in [-0.2, -0.15) is 5.26 Å². The minimum absolute atomic E-state index is 0.146. The maximum atomic E-state index is 12.2.